The molecule has 2 rings (SSSR count). The zero-order valence-corrected chi connectivity index (χ0v) is 16.0. The minimum absolute atomic E-state index is 0.127. The van der Waals surface area contributed by atoms with Gasteiger partial charge in [-0.05, 0) is 36.2 Å². The Hall–Kier alpha value is -1.90. The topological polar surface area (TPSA) is 79.4 Å². The number of hydrogen-bond donors (Lipinski definition) is 1. The summed E-state index contributed by atoms with van der Waals surface area (Å²) >= 11 is 1.25. The summed E-state index contributed by atoms with van der Waals surface area (Å²) in [5, 5.41) is 3.42. The maximum Gasteiger partial charge on any atom is 0.244 e. The van der Waals surface area contributed by atoms with Crippen LogP contribution in [0.5, 0.6) is 0 Å². The highest BCUT2D eigenvalue weighted by Gasteiger charge is 2.17. The number of rotatable bonds is 7. The predicted octanol–water partition coefficient (Wildman–Crippen LogP) is 2.63. The average Bonchev–Trinajstić information content (AvgIpc) is 2.61. The van der Waals surface area contributed by atoms with Gasteiger partial charge in [-0.15, -0.1) is 0 Å². The van der Waals surface area contributed by atoms with Crippen LogP contribution < -0.4 is 5.32 Å². The summed E-state index contributed by atoms with van der Waals surface area (Å²) in [6, 6.07) is 10.8. The molecule has 1 heterocycles. The van der Waals surface area contributed by atoms with Crippen molar-refractivity contribution < 1.29 is 13.2 Å². The number of anilines is 1. The van der Waals surface area contributed by atoms with E-state index in [9.17, 15) is 13.2 Å². The number of aryl methyl sites for hydroxylation is 1. The number of amides is 1. The molecule has 0 atom stereocenters. The molecule has 2 aromatic rings. The number of benzene rings is 1. The molecule has 0 aliphatic rings. The first-order valence-corrected chi connectivity index (χ1v) is 10.2. The van der Waals surface area contributed by atoms with Crippen LogP contribution in [0, 0.1) is 0 Å². The SMILES string of the molecule is CCc1ccc(NC(=O)CSc2ccc(S(=O)(=O)N(C)C)cn2)cc1. The number of carbonyl (C=O) groups is 1. The smallest absolute Gasteiger partial charge is 0.244 e. The maximum atomic E-state index is 12.0. The summed E-state index contributed by atoms with van der Waals surface area (Å²) < 4.78 is 25.1. The average molecular weight is 380 g/mol. The third-order valence-electron chi connectivity index (χ3n) is 3.48. The van der Waals surface area contributed by atoms with Crippen LogP contribution in [0.25, 0.3) is 0 Å². The second kappa shape index (κ2) is 8.46. The standard InChI is InChI=1S/C17H21N3O3S2/c1-4-13-5-7-14(8-6-13)19-16(21)12-24-17-10-9-15(11-18-17)25(22,23)20(2)3/h5-11H,4,12H2,1-3H3,(H,19,21). The zero-order valence-electron chi connectivity index (χ0n) is 14.4. The van der Waals surface area contributed by atoms with Crippen molar-refractivity contribution in [1.29, 1.82) is 0 Å². The van der Waals surface area contributed by atoms with E-state index in [0.29, 0.717) is 5.03 Å². The summed E-state index contributed by atoms with van der Waals surface area (Å²) in [6.45, 7) is 2.08. The monoisotopic (exact) mass is 379 g/mol. The lowest BCUT2D eigenvalue weighted by Gasteiger charge is -2.11. The lowest BCUT2D eigenvalue weighted by atomic mass is 10.1. The zero-order chi connectivity index (χ0) is 18.4. The molecule has 8 heteroatoms. The van der Waals surface area contributed by atoms with E-state index in [2.05, 4.69) is 17.2 Å². The van der Waals surface area contributed by atoms with Gasteiger partial charge in [0.2, 0.25) is 15.9 Å². The maximum absolute atomic E-state index is 12.0. The molecule has 1 amide bonds. The third kappa shape index (κ3) is 5.29. The van der Waals surface area contributed by atoms with E-state index in [-0.39, 0.29) is 16.6 Å². The molecule has 0 unspecified atom stereocenters. The molecule has 0 radical (unpaired) electrons. The van der Waals surface area contributed by atoms with Crippen LogP contribution in [-0.4, -0.2) is 43.5 Å². The number of sulfonamides is 1. The molecule has 1 N–H and O–H groups in total. The molecule has 25 heavy (non-hydrogen) atoms. The molecule has 0 aliphatic carbocycles. The highest BCUT2D eigenvalue weighted by Crippen LogP contribution is 2.19. The summed E-state index contributed by atoms with van der Waals surface area (Å²) in [5.74, 6) is 0.0588. The van der Waals surface area contributed by atoms with E-state index >= 15 is 0 Å². The van der Waals surface area contributed by atoms with Gasteiger partial charge in [0.25, 0.3) is 0 Å². The van der Waals surface area contributed by atoms with Gasteiger partial charge in [-0.1, -0.05) is 30.8 Å². The molecular formula is C17H21N3O3S2. The van der Waals surface area contributed by atoms with Crippen LogP contribution in [0.3, 0.4) is 0 Å². The van der Waals surface area contributed by atoms with Crippen molar-refractivity contribution >= 4 is 33.4 Å². The van der Waals surface area contributed by atoms with Crippen LogP contribution in [0.2, 0.25) is 0 Å². The van der Waals surface area contributed by atoms with Crippen molar-refractivity contribution in [3.63, 3.8) is 0 Å². The quantitative estimate of drug-likeness (QED) is 0.748. The van der Waals surface area contributed by atoms with E-state index in [0.717, 1.165) is 16.4 Å². The Morgan fingerprint density at radius 3 is 2.36 bits per heavy atom. The minimum Gasteiger partial charge on any atom is -0.325 e. The second-order valence-electron chi connectivity index (χ2n) is 5.51. The molecule has 6 nitrogen and oxygen atoms in total. The Morgan fingerprint density at radius 1 is 1.16 bits per heavy atom. The Balaban J connectivity index is 1.91. The molecule has 1 aromatic heterocycles. The normalized spacial score (nSPS) is 11.5. The van der Waals surface area contributed by atoms with Gasteiger partial charge in [0.05, 0.1) is 10.8 Å². The molecule has 0 saturated carbocycles. The molecule has 0 fully saturated rings. The Morgan fingerprint density at radius 2 is 1.84 bits per heavy atom. The molecule has 1 aromatic carbocycles. The van der Waals surface area contributed by atoms with Crippen LogP contribution in [0.4, 0.5) is 5.69 Å². The van der Waals surface area contributed by atoms with Gasteiger partial charge < -0.3 is 5.32 Å². The van der Waals surface area contributed by atoms with Gasteiger partial charge in [-0.2, -0.15) is 0 Å². The Labute approximate surface area is 152 Å². The van der Waals surface area contributed by atoms with Crippen molar-refractivity contribution in [2.75, 3.05) is 25.2 Å². The van der Waals surface area contributed by atoms with Crippen molar-refractivity contribution in [2.45, 2.75) is 23.3 Å². The highest BCUT2D eigenvalue weighted by atomic mass is 32.2. The van der Waals surface area contributed by atoms with Crippen molar-refractivity contribution in [2.24, 2.45) is 0 Å². The summed E-state index contributed by atoms with van der Waals surface area (Å²) in [5.41, 5.74) is 1.97. The van der Waals surface area contributed by atoms with Crippen LogP contribution in [0.1, 0.15) is 12.5 Å². The van der Waals surface area contributed by atoms with Crippen molar-refractivity contribution in [3.05, 3.63) is 48.2 Å². The van der Waals surface area contributed by atoms with Gasteiger partial charge in [0.15, 0.2) is 0 Å². The number of thioether (sulfide) groups is 1. The van der Waals surface area contributed by atoms with Crippen LogP contribution in [0.15, 0.2) is 52.5 Å². The van der Waals surface area contributed by atoms with Crippen LogP contribution >= 0.6 is 11.8 Å². The molecule has 0 saturated heterocycles. The Kier molecular flexibility index (Phi) is 6.57. The molecule has 0 bridgehead atoms. The van der Waals surface area contributed by atoms with Crippen LogP contribution in [-0.2, 0) is 21.2 Å². The molecule has 134 valence electrons. The Bertz CT molecular complexity index is 817. The van der Waals surface area contributed by atoms with Gasteiger partial charge >= 0.3 is 0 Å². The molecule has 0 aliphatic heterocycles. The van der Waals surface area contributed by atoms with E-state index in [4.69, 9.17) is 0 Å². The largest absolute Gasteiger partial charge is 0.325 e. The third-order valence-corrected chi connectivity index (χ3v) is 6.23. The number of pyridine rings is 1. The first-order chi connectivity index (χ1) is 11.8. The lowest BCUT2D eigenvalue weighted by Crippen LogP contribution is -2.22. The van der Waals surface area contributed by atoms with E-state index in [1.165, 1.54) is 43.7 Å². The van der Waals surface area contributed by atoms with E-state index in [1.807, 2.05) is 24.3 Å². The fourth-order valence-corrected chi connectivity index (χ4v) is 3.47. The number of aromatic nitrogens is 1. The summed E-state index contributed by atoms with van der Waals surface area (Å²) in [7, 11) is -0.554. The molecule has 0 spiro atoms. The second-order valence-corrected chi connectivity index (χ2v) is 8.65. The van der Waals surface area contributed by atoms with E-state index < -0.39 is 10.0 Å². The van der Waals surface area contributed by atoms with Gasteiger partial charge in [-0.25, -0.2) is 17.7 Å². The lowest BCUT2D eigenvalue weighted by molar-refractivity contribution is -0.113. The minimum atomic E-state index is -3.49. The highest BCUT2D eigenvalue weighted by molar-refractivity contribution is 7.99. The first kappa shape index (κ1) is 19.4. The van der Waals surface area contributed by atoms with Gasteiger partial charge in [-0.3, -0.25) is 4.79 Å². The van der Waals surface area contributed by atoms with Gasteiger partial charge in [0, 0.05) is 26.0 Å². The number of carbonyl (C=O) groups excluding carboxylic acids is 1. The first-order valence-electron chi connectivity index (χ1n) is 7.73. The van der Waals surface area contributed by atoms with E-state index in [1.54, 1.807) is 6.07 Å². The van der Waals surface area contributed by atoms with Crippen molar-refractivity contribution in [1.82, 2.24) is 9.29 Å². The number of nitrogens with one attached hydrogen (secondary N) is 1. The fraction of sp³-hybridized carbons (Fsp3) is 0.294. The van der Waals surface area contributed by atoms with Gasteiger partial charge in [0.1, 0.15) is 4.90 Å². The fourth-order valence-electron chi connectivity index (χ4n) is 1.98. The summed E-state index contributed by atoms with van der Waals surface area (Å²) in [6.07, 6.45) is 2.26. The number of nitrogens with zero attached hydrogens (tertiary/aromatic N) is 2. The molecular weight excluding hydrogens is 358 g/mol. The number of hydrogen-bond acceptors (Lipinski definition) is 5. The predicted molar refractivity (Wildman–Crippen MR) is 100 cm³/mol. The van der Waals surface area contributed by atoms with Crippen molar-refractivity contribution in [3.8, 4) is 0 Å². The summed E-state index contributed by atoms with van der Waals surface area (Å²) in [4.78, 5) is 16.2.